The highest BCUT2D eigenvalue weighted by molar-refractivity contribution is 5.80. The third kappa shape index (κ3) is 2.62. The number of hydrogen-bond acceptors (Lipinski definition) is 2. The van der Waals surface area contributed by atoms with Crippen LogP contribution in [0.2, 0.25) is 0 Å². The molecule has 96 valence electrons. The monoisotopic (exact) mass is 258 g/mol. The predicted octanol–water partition coefficient (Wildman–Crippen LogP) is 3.53. The highest BCUT2D eigenvalue weighted by Crippen LogP contribution is 2.14. The molecule has 0 aliphatic rings. The molecular formula is C18H14N2. The Kier molecular flexibility index (Phi) is 3.10. The van der Waals surface area contributed by atoms with E-state index in [9.17, 15) is 0 Å². The fourth-order valence-electron chi connectivity index (χ4n) is 2.07. The number of fused-ring (bicyclic) bond motifs is 1. The van der Waals surface area contributed by atoms with Crippen LogP contribution in [0, 0.1) is 18.8 Å². The summed E-state index contributed by atoms with van der Waals surface area (Å²) in [7, 11) is 0. The molecule has 0 bridgehead atoms. The van der Waals surface area contributed by atoms with Crippen molar-refractivity contribution in [2.75, 3.05) is 5.73 Å². The zero-order valence-corrected chi connectivity index (χ0v) is 11.2. The molecule has 20 heavy (non-hydrogen) atoms. The van der Waals surface area contributed by atoms with E-state index in [4.69, 9.17) is 5.73 Å². The van der Waals surface area contributed by atoms with Crippen molar-refractivity contribution < 1.29 is 0 Å². The van der Waals surface area contributed by atoms with Crippen molar-refractivity contribution in [3.63, 3.8) is 0 Å². The Labute approximate surface area is 118 Å². The van der Waals surface area contributed by atoms with Crippen LogP contribution < -0.4 is 5.73 Å². The molecule has 3 aromatic rings. The Morgan fingerprint density at radius 3 is 2.50 bits per heavy atom. The molecule has 2 aromatic carbocycles. The van der Waals surface area contributed by atoms with Gasteiger partial charge in [-0.25, -0.2) is 0 Å². The molecule has 2 nitrogen and oxygen atoms in total. The maximum absolute atomic E-state index is 5.74. The fourth-order valence-corrected chi connectivity index (χ4v) is 2.07. The standard InChI is InChI=1S/C18H14N2/c1-13-5-9-16-11-15(8-10-18(16)20-13)7-6-14-3-2-4-17(19)12-14/h2-5,8-12H,19H2,1H3. The Balaban J connectivity index is 1.98. The third-order valence-electron chi connectivity index (χ3n) is 3.07. The van der Waals surface area contributed by atoms with Gasteiger partial charge in [-0.15, -0.1) is 0 Å². The van der Waals surface area contributed by atoms with E-state index in [2.05, 4.69) is 29.0 Å². The number of nitrogens with two attached hydrogens (primary N) is 1. The van der Waals surface area contributed by atoms with E-state index in [0.717, 1.165) is 33.4 Å². The first-order valence-corrected chi connectivity index (χ1v) is 6.46. The van der Waals surface area contributed by atoms with E-state index in [0.29, 0.717) is 0 Å². The Morgan fingerprint density at radius 1 is 0.900 bits per heavy atom. The first kappa shape index (κ1) is 12.3. The summed E-state index contributed by atoms with van der Waals surface area (Å²) in [6.07, 6.45) is 0. The lowest BCUT2D eigenvalue weighted by molar-refractivity contribution is 1.25. The minimum absolute atomic E-state index is 0.731. The summed E-state index contributed by atoms with van der Waals surface area (Å²) in [5.41, 5.74) is 10.4. The number of aryl methyl sites for hydroxylation is 1. The largest absolute Gasteiger partial charge is 0.399 e. The van der Waals surface area contributed by atoms with E-state index in [1.54, 1.807) is 0 Å². The SMILES string of the molecule is Cc1ccc2cc(C#Cc3cccc(N)c3)ccc2n1. The average molecular weight is 258 g/mol. The minimum atomic E-state index is 0.731. The summed E-state index contributed by atoms with van der Waals surface area (Å²) in [6.45, 7) is 1.99. The Hall–Kier alpha value is -2.79. The number of benzene rings is 2. The number of pyridine rings is 1. The van der Waals surface area contributed by atoms with Gasteiger partial charge in [0.05, 0.1) is 5.52 Å². The Bertz CT molecular complexity index is 839. The highest BCUT2D eigenvalue weighted by atomic mass is 14.7. The summed E-state index contributed by atoms with van der Waals surface area (Å²) in [6, 6.07) is 17.7. The summed E-state index contributed by atoms with van der Waals surface area (Å²) in [5, 5.41) is 1.11. The zero-order chi connectivity index (χ0) is 13.9. The molecule has 0 aliphatic carbocycles. The normalized spacial score (nSPS) is 10.1. The van der Waals surface area contributed by atoms with Crippen LogP contribution in [0.25, 0.3) is 10.9 Å². The fraction of sp³-hybridized carbons (Fsp3) is 0.0556. The molecule has 0 atom stereocenters. The van der Waals surface area contributed by atoms with Crippen molar-refractivity contribution in [3.8, 4) is 11.8 Å². The van der Waals surface area contributed by atoms with Gasteiger partial charge in [-0.1, -0.05) is 24.0 Å². The van der Waals surface area contributed by atoms with Gasteiger partial charge >= 0.3 is 0 Å². The molecule has 2 heteroatoms. The lowest BCUT2D eigenvalue weighted by Gasteiger charge is -1.99. The molecule has 0 saturated heterocycles. The highest BCUT2D eigenvalue weighted by Gasteiger charge is 1.96. The van der Waals surface area contributed by atoms with Crippen LogP contribution in [-0.4, -0.2) is 4.98 Å². The molecule has 1 heterocycles. The number of nitrogen functional groups attached to an aromatic ring is 1. The summed E-state index contributed by atoms with van der Waals surface area (Å²) >= 11 is 0. The summed E-state index contributed by atoms with van der Waals surface area (Å²) in [4.78, 5) is 4.48. The van der Waals surface area contributed by atoms with E-state index >= 15 is 0 Å². The first-order chi connectivity index (χ1) is 9.70. The summed E-state index contributed by atoms with van der Waals surface area (Å²) in [5.74, 6) is 6.29. The van der Waals surface area contributed by atoms with Gasteiger partial charge in [-0.2, -0.15) is 0 Å². The number of anilines is 1. The molecule has 0 unspecified atom stereocenters. The van der Waals surface area contributed by atoms with Gasteiger partial charge in [-0.05, 0) is 49.4 Å². The maximum atomic E-state index is 5.74. The van der Waals surface area contributed by atoms with Crippen LogP contribution in [0.1, 0.15) is 16.8 Å². The van der Waals surface area contributed by atoms with Gasteiger partial charge in [0.25, 0.3) is 0 Å². The Morgan fingerprint density at radius 2 is 1.70 bits per heavy atom. The first-order valence-electron chi connectivity index (χ1n) is 6.46. The molecular weight excluding hydrogens is 244 g/mol. The average Bonchev–Trinajstić information content (AvgIpc) is 2.45. The smallest absolute Gasteiger partial charge is 0.0706 e. The topological polar surface area (TPSA) is 38.9 Å². The molecule has 0 spiro atoms. The van der Waals surface area contributed by atoms with Crippen LogP contribution >= 0.6 is 0 Å². The van der Waals surface area contributed by atoms with Gasteiger partial charge in [0, 0.05) is 27.9 Å². The summed E-state index contributed by atoms with van der Waals surface area (Å²) < 4.78 is 0. The van der Waals surface area contributed by atoms with Crippen LogP contribution in [0.3, 0.4) is 0 Å². The van der Waals surface area contributed by atoms with E-state index < -0.39 is 0 Å². The predicted molar refractivity (Wildman–Crippen MR) is 83.3 cm³/mol. The molecule has 0 radical (unpaired) electrons. The lowest BCUT2D eigenvalue weighted by Crippen LogP contribution is -1.85. The van der Waals surface area contributed by atoms with Gasteiger partial charge in [0.1, 0.15) is 0 Å². The van der Waals surface area contributed by atoms with Crippen molar-refractivity contribution in [3.05, 3.63) is 71.4 Å². The van der Waals surface area contributed by atoms with E-state index in [1.165, 1.54) is 0 Å². The van der Waals surface area contributed by atoms with Crippen molar-refractivity contribution in [2.24, 2.45) is 0 Å². The van der Waals surface area contributed by atoms with Crippen LogP contribution in [0.5, 0.6) is 0 Å². The molecule has 1 aromatic heterocycles. The van der Waals surface area contributed by atoms with Crippen LogP contribution in [0.4, 0.5) is 5.69 Å². The van der Waals surface area contributed by atoms with Crippen molar-refractivity contribution >= 4 is 16.6 Å². The number of nitrogens with zero attached hydrogens (tertiary/aromatic N) is 1. The lowest BCUT2D eigenvalue weighted by atomic mass is 10.1. The van der Waals surface area contributed by atoms with E-state index in [-0.39, 0.29) is 0 Å². The third-order valence-corrected chi connectivity index (χ3v) is 3.07. The molecule has 0 amide bonds. The van der Waals surface area contributed by atoms with Crippen molar-refractivity contribution in [1.29, 1.82) is 0 Å². The van der Waals surface area contributed by atoms with E-state index in [1.807, 2.05) is 49.4 Å². The zero-order valence-electron chi connectivity index (χ0n) is 11.2. The van der Waals surface area contributed by atoms with Crippen molar-refractivity contribution in [1.82, 2.24) is 4.98 Å². The molecule has 3 rings (SSSR count). The second-order valence-corrected chi connectivity index (χ2v) is 4.74. The molecule has 0 saturated carbocycles. The van der Waals surface area contributed by atoms with Crippen molar-refractivity contribution in [2.45, 2.75) is 6.92 Å². The van der Waals surface area contributed by atoms with Crippen LogP contribution in [-0.2, 0) is 0 Å². The maximum Gasteiger partial charge on any atom is 0.0706 e. The molecule has 0 fully saturated rings. The minimum Gasteiger partial charge on any atom is -0.399 e. The van der Waals surface area contributed by atoms with Gasteiger partial charge in [-0.3, -0.25) is 4.98 Å². The second kappa shape index (κ2) is 5.07. The quantitative estimate of drug-likeness (QED) is 0.495. The second-order valence-electron chi connectivity index (χ2n) is 4.74. The van der Waals surface area contributed by atoms with Gasteiger partial charge in [0.15, 0.2) is 0 Å². The molecule has 2 N–H and O–H groups in total. The molecule has 0 aliphatic heterocycles. The number of aromatic nitrogens is 1. The van der Waals surface area contributed by atoms with Gasteiger partial charge in [0.2, 0.25) is 0 Å². The number of rotatable bonds is 0. The number of hydrogen-bond donors (Lipinski definition) is 1. The van der Waals surface area contributed by atoms with Crippen LogP contribution in [0.15, 0.2) is 54.6 Å². The van der Waals surface area contributed by atoms with Gasteiger partial charge < -0.3 is 5.73 Å².